The predicted octanol–water partition coefficient (Wildman–Crippen LogP) is 5.95. The second-order valence-electron chi connectivity index (χ2n) is 12.7. The van der Waals surface area contributed by atoms with Crippen LogP contribution in [0.5, 0.6) is 0 Å². The maximum absolute atomic E-state index is 2.83. The van der Waals surface area contributed by atoms with E-state index in [0.717, 1.165) is 42.0 Å². The summed E-state index contributed by atoms with van der Waals surface area (Å²) in [6.07, 6.45) is 11.9. The SMILES string of the molecule is CC(C)N1C2CC3CC(C2)CC1C3.CC(C)N1CC2(C)CC1CC(C)(C)C2. The van der Waals surface area contributed by atoms with Crippen molar-refractivity contribution in [3.05, 3.63) is 0 Å². The Balaban J connectivity index is 0.000000134. The van der Waals surface area contributed by atoms with Gasteiger partial charge in [0.1, 0.15) is 0 Å². The van der Waals surface area contributed by atoms with Gasteiger partial charge >= 0.3 is 0 Å². The summed E-state index contributed by atoms with van der Waals surface area (Å²) in [6, 6.07) is 4.32. The lowest BCUT2D eigenvalue weighted by molar-refractivity contribution is -0.0749. The Hall–Kier alpha value is -0.0800. The molecule has 2 unspecified atom stereocenters. The largest absolute Gasteiger partial charge is 0.297 e. The van der Waals surface area contributed by atoms with E-state index in [2.05, 4.69) is 58.3 Å². The standard InChI is InChI=1S/C13H25N.C12H21N/c1-10(2)14-9-13(5)7-11(14)6-12(3,4)8-13;1-8(2)13-11-4-9-3-10(6-11)7-12(13)5-9/h10-11H,6-9H2,1-5H3;8-12H,3-7H2,1-2H3. The molecule has 156 valence electrons. The zero-order chi connectivity index (χ0) is 19.6. The molecule has 2 nitrogen and oxygen atoms in total. The van der Waals surface area contributed by atoms with Crippen molar-refractivity contribution in [3.8, 4) is 0 Å². The van der Waals surface area contributed by atoms with Crippen molar-refractivity contribution >= 4 is 0 Å². The van der Waals surface area contributed by atoms with Gasteiger partial charge in [-0.3, -0.25) is 9.80 Å². The third kappa shape index (κ3) is 4.00. The fourth-order valence-electron chi connectivity index (χ4n) is 8.52. The highest BCUT2D eigenvalue weighted by Gasteiger charge is 2.50. The van der Waals surface area contributed by atoms with Crippen molar-refractivity contribution in [2.24, 2.45) is 22.7 Å². The molecule has 6 aliphatic rings. The first-order chi connectivity index (χ1) is 12.6. The van der Waals surface area contributed by atoms with Gasteiger partial charge in [0.15, 0.2) is 0 Å². The quantitative estimate of drug-likeness (QED) is 0.589. The van der Waals surface area contributed by atoms with Gasteiger partial charge in [0.25, 0.3) is 0 Å². The predicted molar refractivity (Wildman–Crippen MR) is 116 cm³/mol. The molecule has 0 aromatic carbocycles. The molecule has 0 amide bonds. The minimum Gasteiger partial charge on any atom is -0.297 e. The lowest BCUT2D eigenvalue weighted by Crippen LogP contribution is -2.59. The van der Waals surface area contributed by atoms with E-state index in [1.807, 2.05) is 0 Å². The fourth-order valence-corrected chi connectivity index (χ4v) is 8.52. The molecule has 2 heteroatoms. The average Bonchev–Trinajstić information content (AvgIpc) is 2.75. The van der Waals surface area contributed by atoms with E-state index in [0.29, 0.717) is 10.8 Å². The molecule has 3 saturated heterocycles. The van der Waals surface area contributed by atoms with Crippen LogP contribution in [-0.2, 0) is 0 Å². The van der Waals surface area contributed by atoms with E-state index in [4.69, 9.17) is 0 Å². The molecular weight excluding hydrogens is 328 g/mol. The van der Waals surface area contributed by atoms with Crippen molar-refractivity contribution in [3.63, 3.8) is 0 Å². The fraction of sp³-hybridized carbons (Fsp3) is 1.00. The molecule has 0 radical (unpaired) electrons. The van der Waals surface area contributed by atoms with Gasteiger partial charge in [0.2, 0.25) is 0 Å². The van der Waals surface area contributed by atoms with Gasteiger partial charge in [-0.25, -0.2) is 0 Å². The highest BCUT2D eigenvalue weighted by molar-refractivity contribution is 5.03. The van der Waals surface area contributed by atoms with Gasteiger partial charge in [-0.2, -0.15) is 0 Å². The van der Waals surface area contributed by atoms with E-state index in [1.54, 1.807) is 6.42 Å². The zero-order valence-corrected chi connectivity index (χ0v) is 19.3. The Bertz CT molecular complexity index is 508. The zero-order valence-electron chi connectivity index (χ0n) is 19.3. The summed E-state index contributed by atoms with van der Waals surface area (Å²) < 4.78 is 0. The second-order valence-corrected chi connectivity index (χ2v) is 12.7. The summed E-state index contributed by atoms with van der Waals surface area (Å²) >= 11 is 0. The van der Waals surface area contributed by atoms with Crippen molar-refractivity contribution in [1.29, 1.82) is 0 Å². The molecule has 6 rings (SSSR count). The first kappa shape index (κ1) is 20.2. The van der Waals surface area contributed by atoms with Crippen LogP contribution < -0.4 is 0 Å². The Morgan fingerprint density at radius 1 is 0.704 bits per heavy atom. The maximum atomic E-state index is 2.83. The van der Waals surface area contributed by atoms with Gasteiger partial charge in [-0.15, -0.1) is 0 Å². The van der Waals surface area contributed by atoms with Gasteiger partial charge in [0, 0.05) is 36.8 Å². The van der Waals surface area contributed by atoms with Gasteiger partial charge in [-0.05, 0) is 102 Å². The number of piperidine rings is 2. The first-order valence-corrected chi connectivity index (χ1v) is 12.1. The lowest BCUT2D eigenvalue weighted by atomic mass is 9.63. The maximum Gasteiger partial charge on any atom is 0.0109 e. The van der Waals surface area contributed by atoms with Crippen LogP contribution in [0.2, 0.25) is 0 Å². The number of fused-ring (bicyclic) bond motifs is 2. The molecule has 3 aliphatic carbocycles. The van der Waals surface area contributed by atoms with Crippen LogP contribution in [0, 0.1) is 22.7 Å². The second kappa shape index (κ2) is 7.01. The molecule has 6 fully saturated rings. The molecule has 6 bridgehead atoms. The van der Waals surface area contributed by atoms with Crippen LogP contribution in [0.25, 0.3) is 0 Å². The molecule has 0 N–H and O–H groups in total. The van der Waals surface area contributed by atoms with Crippen LogP contribution >= 0.6 is 0 Å². The van der Waals surface area contributed by atoms with Gasteiger partial charge < -0.3 is 0 Å². The van der Waals surface area contributed by atoms with Crippen LogP contribution in [0.4, 0.5) is 0 Å². The Labute approximate surface area is 169 Å². The first-order valence-electron chi connectivity index (χ1n) is 12.1. The smallest absolute Gasteiger partial charge is 0.0109 e. The van der Waals surface area contributed by atoms with Gasteiger partial charge in [-0.1, -0.05) is 20.8 Å². The topological polar surface area (TPSA) is 6.48 Å². The normalized spacial score (nSPS) is 45.4. The summed E-state index contributed by atoms with van der Waals surface area (Å²) in [6.45, 7) is 18.2. The van der Waals surface area contributed by atoms with Crippen LogP contribution in [0.1, 0.15) is 99.8 Å². The monoisotopic (exact) mass is 374 g/mol. The molecule has 2 atom stereocenters. The number of likely N-dealkylation sites (tertiary alicyclic amines) is 1. The van der Waals surface area contributed by atoms with E-state index in [9.17, 15) is 0 Å². The van der Waals surface area contributed by atoms with E-state index < -0.39 is 0 Å². The van der Waals surface area contributed by atoms with Crippen molar-refractivity contribution in [2.45, 2.75) is 130 Å². The lowest BCUT2D eigenvalue weighted by Gasteiger charge is -2.58. The molecular formula is C25H46N2. The third-order valence-corrected chi connectivity index (χ3v) is 8.65. The average molecular weight is 375 g/mol. The number of nitrogens with zero attached hydrogens (tertiary/aromatic N) is 2. The van der Waals surface area contributed by atoms with Crippen LogP contribution in [-0.4, -0.2) is 46.6 Å². The number of rotatable bonds is 2. The summed E-state index contributed by atoms with van der Waals surface area (Å²) in [5, 5.41) is 0. The molecule has 0 spiro atoms. The summed E-state index contributed by atoms with van der Waals surface area (Å²) in [7, 11) is 0. The summed E-state index contributed by atoms with van der Waals surface area (Å²) in [5.74, 6) is 2.22. The number of hydrogen-bond acceptors (Lipinski definition) is 2. The van der Waals surface area contributed by atoms with Crippen molar-refractivity contribution in [1.82, 2.24) is 9.80 Å². The Morgan fingerprint density at radius 3 is 1.74 bits per heavy atom. The molecule has 0 aromatic rings. The minimum absolute atomic E-state index is 0.571. The summed E-state index contributed by atoms with van der Waals surface area (Å²) in [4.78, 5) is 5.56. The molecule has 3 aliphatic heterocycles. The molecule has 0 aromatic heterocycles. The van der Waals surface area contributed by atoms with Crippen molar-refractivity contribution < 1.29 is 0 Å². The van der Waals surface area contributed by atoms with E-state index >= 15 is 0 Å². The highest BCUT2D eigenvalue weighted by atomic mass is 15.2. The molecule has 3 saturated carbocycles. The Kier molecular flexibility index (Phi) is 5.25. The summed E-state index contributed by atoms with van der Waals surface area (Å²) in [5.41, 5.74) is 1.18. The van der Waals surface area contributed by atoms with Crippen LogP contribution in [0.15, 0.2) is 0 Å². The molecule has 27 heavy (non-hydrogen) atoms. The molecule has 3 heterocycles. The number of hydrogen-bond donors (Lipinski definition) is 0. The van der Waals surface area contributed by atoms with E-state index in [-0.39, 0.29) is 0 Å². The van der Waals surface area contributed by atoms with E-state index in [1.165, 1.54) is 51.5 Å². The highest BCUT2D eigenvalue weighted by Crippen LogP contribution is 2.53. The third-order valence-electron chi connectivity index (χ3n) is 8.65. The van der Waals surface area contributed by atoms with Crippen molar-refractivity contribution in [2.75, 3.05) is 6.54 Å². The Morgan fingerprint density at radius 2 is 1.26 bits per heavy atom. The van der Waals surface area contributed by atoms with Crippen LogP contribution in [0.3, 0.4) is 0 Å². The van der Waals surface area contributed by atoms with Gasteiger partial charge in [0.05, 0.1) is 0 Å². The minimum atomic E-state index is 0.571.